The fourth-order valence-electron chi connectivity index (χ4n) is 2.67. The van der Waals surface area contributed by atoms with E-state index in [0.717, 1.165) is 43.9 Å². The molecule has 0 aromatic carbocycles. The van der Waals surface area contributed by atoms with Gasteiger partial charge in [0.25, 0.3) is 0 Å². The number of nitrogens with zero attached hydrogens (tertiary/aromatic N) is 3. The van der Waals surface area contributed by atoms with Gasteiger partial charge < -0.3 is 15.3 Å². The molecule has 2 aliphatic heterocycles. The molecular weight excluding hydrogens is 220 g/mol. The van der Waals surface area contributed by atoms with Crippen molar-refractivity contribution in [3.8, 4) is 0 Å². The number of aromatic nitrogens is 2. The van der Waals surface area contributed by atoms with Crippen LogP contribution in [-0.4, -0.2) is 52.4 Å². The molecular formula is C11H16N4O2. The molecule has 0 saturated carbocycles. The number of fused-ring (bicyclic) bond motifs is 1. The molecule has 1 aromatic heterocycles. The normalized spacial score (nSPS) is 21.0. The third-order valence-corrected chi connectivity index (χ3v) is 3.56. The third-order valence-electron chi connectivity index (χ3n) is 3.56. The van der Waals surface area contributed by atoms with Gasteiger partial charge >= 0.3 is 5.97 Å². The smallest absolute Gasteiger partial charge is 0.356 e. The van der Waals surface area contributed by atoms with Crippen LogP contribution < -0.4 is 5.32 Å². The Morgan fingerprint density at radius 3 is 2.94 bits per heavy atom. The number of likely N-dealkylation sites (N-methyl/N-ethyl adjacent to an activating group) is 1. The molecule has 2 N–H and O–H groups in total. The predicted octanol–water partition coefficient (Wildman–Crippen LogP) is -0.286. The molecule has 0 radical (unpaired) electrons. The maximum atomic E-state index is 11.2. The molecule has 2 aliphatic rings. The fraction of sp³-hybridized carbons (Fsp3) is 0.636. The molecule has 3 heterocycles. The molecule has 0 spiro atoms. The van der Waals surface area contributed by atoms with E-state index in [1.54, 1.807) is 0 Å². The summed E-state index contributed by atoms with van der Waals surface area (Å²) < 4.78 is 1.92. The van der Waals surface area contributed by atoms with Gasteiger partial charge in [0.1, 0.15) is 0 Å². The van der Waals surface area contributed by atoms with Crippen molar-refractivity contribution < 1.29 is 9.90 Å². The zero-order valence-electron chi connectivity index (χ0n) is 9.81. The number of hydrogen-bond acceptors (Lipinski definition) is 4. The van der Waals surface area contributed by atoms with Gasteiger partial charge in [-0.3, -0.25) is 4.68 Å². The summed E-state index contributed by atoms with van der Waals surface area (Å²) in [5.41, 5.74) is 2.23. The number of nitrogens with one attached hydrogen (secondary N) is 1. The number of carbonyl (C=O) groups is 1. The van der Waals surface area contributed by atoms with Crippen LogP contribution in [0.2, 0.25) is 0 Å². The maximum absolute atomic E-state index is 11.2. The first-order chi connectivity index (χ1) is 8.16. The Balaban J connectivity index is 2.00. The van der Waals surface area contributed by atoms with E-state index in [2.05, 4.69) is 22.4 Å². The minimum absolute atomic E-state index is 0.246. The van der Waals surface area contributed by atoms with E-state index in [1.807, 2.05) is 4.68 Å². The first kappa shape index (κ1) is 10.7. The van der Waals surface area contributed by atoms with Gasteiger partial charge in [-0.2, -0.15) is 5.10 Å². The highest BCUT2D eigenvalue weighted by atomic mass is 16.4. The molecule has 0 aliphatic carbocycles. The highest BCUT2D eigenvalue weighted by Crippen LogP contribution is 2.26. The first-order valence-electron chi connectivity index (χ1n) is 5.89. The summed E-state index contributed by atoms with van der Waals surface area (Å²) in [5, 5.41) is 16.8. The van der Waals surface area contributed by atoms with Crippen LogP contribution >= 0.6 is 0 Å². The monoisotopic (exact) mass is 236 g/mol. The number of carboxylic acid groups (broad SMARTS) is 1. The summed E-state index contributed by atoms with van der Waals surface area (Å²) in [6.07, 6.45) is 0.763. The Kier molecular flexibility index (Phi) is 2.41. The van der Waals surface area contributed by atoms with Crippen LogP contribution in [0.25, 0.3) is 0 Å². The fourth-order valence-corrected chi connectivity index (χ4v) is 2.67. The Labute approximate surface area is 99.2 Å². The largest absolute Gasteiger partial charge is 0.476 e. The minimum Gasteiger partial charge on any atom is -0.476 e. The second kappa shape index (κ2) is 3.82. The van der Waals surface area contributed by atoms with E-state index in [1.165, 1.54) is 0 Å². The number of likely N-dealkylation sites (tertiary alicyclic amines) is 1. The van der Waals surface area contributed by atoms with Crippen LogP contribution in [0.1, 0.15) is 27.8 Å². The van der Waals surface area contributed by atoms with Crippen LogP contribution in [0.4, 0.5) is 0 Å². The van der Waals surface area contributed by atoms with Gasteiger partial charge in [0, 0.05) is 25.2 Å². The van der Waals surface area contributed by atoms with Crippen molar-refractivity contribution in [2.75, 3.05) is 26.7 Å². The molecule has 0 amide bonds. The maximum Gasteiger partial charge on any atom is 0.356 e. The average molecular weight is 236 g/mol. The van der Waals surface area contributed by atoms with E-state index in [0.29, 0.717) is 6.04 Å². The minimum atomic E-state index is -0.908. The Bertz CT molecular complexity index is 462. The molecule has 1 fully saturated rings. The molecule has 6 nitrogen and oxygen atoms in total. The van der Waals surface area contributed by atoms with Gasteiger partial charge in [-0.05, 0) is 20.0 Å². The lowest BCUT2D eigenvalue weighted by Gasteiger charge is -2.37. The summed E-state index contributed by atoms with van der Waals surface area (Å²) in [6.45, 7) is 3.47. The molecule has 6 heteroatoms. The highest BCUT2D eigenvalue weighted by Gasteiger charge is 2.32. The molecule has 92 valence electrons. The number of hydrogen-bond donors (Lipinski definition) is 2. The highest BCUT2D eigenvalue weighted by molar-refractivity contribution is 5.87. The lowest BCUT2D eigenvalue weighted by Crippen LogP contribution is -2.46. The quantitative estimate of drug-likeness (QED) is 0.738. The zero-order chi connectivity index (χ0) is 12.0. The van der Waals surface area contributed by atoms with Crippen molar-refractivity contribution in [3.05, 3.63) is 17.0 Å². The van der Waals surface area contributed by atoms with Crippen LogP contribution in [0.3, 0.4) is 0 Å². The lowest BCUT2D eigenvalue weighted by molar-refractivity contribution is 0.0685. The van der Waals surface area contributed by atoms with Gasteiger partial charge in [-0.25, -0.2) is 4.79 Å². The second-order valence-electron chi connectivity index (χ2n) is 4.83. The number of rotatable bonds is 2. The Hall–Kier alpha value is -1.40. The van der Waals surface area contributed by atoms with Crippen molar-refractivity contribution in [1.29, 1.82) is 0 Å². The Morgan fingerprint density at radius 1 is 1.53 bits per heavy atom. The van der Waals surface area contributed by atoms with E-state index in [-0.39, 0.29) is 5.69 Å². The van der Waals surface area contributed by atoms with E-state index < -0.39 is 5.97 Å². The Morgan fingerprint density at radius 2 is 2.29 bits per heavy atom. The second-order valence-corrected chi connectivity index (χ2v) is 4.83. The SMILES string of the molecule is CN1CC(n2nc(C(=O)O)c3c2CNCC3)C1. The average Bonchev–Trinajstić information content (AvgIpc) is 2.64. The summed E-state index contributed by atoms with van der Waals surface area (Å²) in [4.78, 5) is 13.4. The van der Waals surface area contributed by atoms with E-state index in [9.17, 15) is 9.90 Å². The summed E-state index contributed by atoms with van der Waals surface area (Å²) in [5.74, 6) is -0.908. The predicted molar refractivity (Wildman–Crippen MR) is 61.1 cm³/mol. The van der Waals surface area contributed by atoms with Gasteiger partial charge in [0.2, 0.25) is 0 Å². The van der Waals surface area contributed by atoms with E-state index >= 15 is 0 Å². The van der Waals surface area contributed by atoms with Crippen molar-refractivity contribution in [1.82, 2.24) is 20.0 Å². The molecule has 0 unspecified atom stereocenters. The summed E-state index contributed by atoms with van der Waals surface area (Å²) in [6, 6.07) is 0.335. The molecule has 3 rings (SSSR count). The number of carboxylic acids is 1. The number of aromatic carboxylic acids is 1. The van der Waals surface area contributed by atoms with Crippen molar-refractivity contribution >= 4 is 5.97 Å². The summed E-state index contributed by atoms with van der Waals surface area (Å²) in [7, 11) is 2.06. The van der Waals surface area contributed by atoms with E-state index in [4.69, 9.17) is 0 Å². The van der Waals surface area contributed by atoms with Gasteiger partial charge in [-0.15, -0.1) is 0 Å². The van der Waals surface area contributed by atoms with Crippen LogP contribution in [0, 0.1) is 0 Å². The standard InChI is InChI=1S/C11H16N4O2/c1-14-5-7(6-14)15-9-4-12-3-2-8(9)10(13-15)11(16)17/h7,12H,2-6H2,1H3,(H,16,17). The summed E-state index contributed by atoms with van der Waals surface area (Å²) >= 11 is 0. The third kappa shape index (κ3) is 1.64. The van der Waals surface area contributed by atoms with Gasteiger partial charge in [0.05, 0.1) is 11.7 Å². The van der Waals surface area contributed by atoms with Crippen molar-refractivity contribution in [2.24, 2.45) is 0 Å². The topological polar surface area (TPSA) is 70.4 Å². The van der Waals surface area contributed by atoms with Crippen LogP contribution in [0.5, 0.6) is 0 Å². The molecule has 0 bridgehead atoms. The lowest BCUT2D eigenvalue weighted by atomic mass is 10.0. The van der Waals surface area contributed by atoms with Crippen molar-refractivity contribution in [2.45, 2.75) is 19.0 Å². The van der Waals surface area contributed by atoms with Gasteiger partial charge in [0.15, 0.2) is 5.69 Å². The van der Waals surface area contributed by atoms with Crippen molar-refractivity contribution in [3.63, 3.8) is 0 Å². The molecule has 0 atom stereocenters. The van der Waals surface area contributed by atoms with Crippen LogP contribution in [0.15, 0.2) is 0 Å². The first-order valence-corrected chi connectivity index (χ1v) is 5.89. The molecule has 1 saturated heterocycles. The molecule has 1 aromatic rings. The van der Waals surface area contributed by atoms with Crippen LogP contribution in [-0.2, 0) is 13.0 Å². The molecule has 17 heavy (non-hydrogen) atoms. The van der Waals surface area contributed by atoms with Gasteiger partial charge in [-0.1, -0.05) is 0 Å². The zero-order valence-corrected chi connectivity index (χ0v) is 9.81.